The molecule has 0 bridgehead atoms. The number of nitrogens with zero attached hydrogens (tertiary/aromatic N) is 4. The Morgan fingerprint density at radius 2 is 1.82 bits per heavy atom. The molecule has 34 heavy (non-hydrogen) atoms. The standard InChI is InChI=1S/C23H32N6O4S/c1-27(19-14-33-15-19)9-10-29(18-12-24-28(2)13-18)34(31,32)26-23(30)25-22-20-7-3-5-16(20)11-17-6-4-8-21(17)22/h11-13,19H,3-10,14-15H2,1-2H3,(H2,25,26,30). The molecular formula is C23H32N6O4S. The summed E-state index contributed by atoms with van der Waals surface area (Å²) in [5, 5.41) is 7.02. The third-order valence-electron chi connectivity index (χ3n) is 7.10. The number of benzene rings is 1. The van der Waals surface area contributed by atoms with Crippen molar-refractivity contribution in [2.75, 3.05) is 43.0 Å². The second kappa shape index (κ2) is 9.20. The summed E-state index contributed by atoms with van der Waals surface area (Å²) < 4.78 is 36.9. The number of anilines is 2. The second-order valence-electron chi connectivity index (χ2n) is 9.41. The minimum Gasteiger partial charge on any atom is -0.378 e. The SMILES string of the molecule is CN(CCN(c1cnn(C)c1)S(=O)(=O)NC(=O)Nc1c2c(cc3c1CCC3)CCC2)C1COC1. The van der Waals surface area contributed by atoms with E-state index < -0.39 is 16.2 Å². The average molecular weight is 489 g/mol. The number of aryl methyl sites for hydroxylation is 3. The van der Waals surface area contributed by atoms with Gasteiger partial charge in [0.05, 0.1) is 31.1 Å². The first-order valence-electron chi connectivity index (χ1n) is 11.9. The van der Waals surface area contributed by atoms with Crippen LogP contribution in [0.25, 0.3) is 0 Å². The Labute approximate surface area is 200 Å². The summed E-state index contributed by atoms with van der Waals surface area (Å²) in [4.78, 5) is 15.1. The van der Waals surface area contributed by atoms with Gasteiger partial charge in [-0.25, -0.2) is 13.8 Å². The van der Waals surface area contributed by atoms with Crippen LogP contribution < -0.4 is 14.3 Å². The Morgan fingerprint density at radius 1 is 1.15 bits per heavy atom. The molecule has 0 spiro atoms. The molecule has 1 fully saturated rings. The van der Waals surface area contributed by atoms with Crippen molar-refractivity contribution in [2.45, 2.75) is 44.6 Å². The molecule has 2 heterocycles. The van der Waals surface area contributed by atoms with Gasteiger partial charge in [-0.1, -0.05) is 6.07 Å². The highest BCUT2D eigenvalue weighted by atomic mass is 32.2. The van der Waals surface area contributed by atoms with Crippen molar-refractivity contribution in [3.8, 4) is 0 Å². The lowest BCUT2D eigenvalue weighted by molar-refractivity contribution is -0.0548. The average Bonchev–Trinajstić information content (AvgIpc) is 3.47. The van der Waals surface area contributed by atoms with E-state index in [1.54, 1.807) is 13.2 Å². The zero-order chi connectivity index (χ0) is 23.9. The molecule has 2 N–H and O–H groups in total. The van der Waals surface area contributed by atoms with Crippen LogP contribution in [0.2, 0.25) is 0 Å². The van der Waals surface area contributed by atoms with Gasteiger partial charge < -0.3 is 10.1 Å². The predicted molar refractivity (Wildman–Crippen MR) is 129 cm³/mol. The first-order chi connectivity index (χ1) is 16.3. The van der Waals surface area contributed by atoms with E-state index in [2.05, 4.69) is 26.1 Å². The van der Waals surface area contributed by atoms with Crippen LogP contribution in [0, 0.1) is 0 Å². The maximum atomic E-state index is 13.3. The highest BCUT2D eigenvalue weighted by Gasteiger charge is 2.30. The first-order valence-corrected chi connectivity index (χ1v) is 13.3. The van der Waals surface area contributed by atoms with Gasteiger partial charge in [-0.2, -0.15) is 13.5 Å². The molecule has 0 atom stereocenters. The molecule has 11 heteroatoms. The van der Waals surface area contributed by atoms with Gasteiger partial charge in [-0.05, 0) is 67.8 Å². The topological polar surface area (TPSA) is 109 Å². The van der Waals surface area contributed by atoms with Crippen LogP contribution in [0.1, 0.15) is 35.1 Å². The molecule has 0 unspecified atom stereocenters. The lowest BCUT2D eigenvalue weighted by Crippen LogP contribution is -2.51. The molecule has 0 radical (unpaired) electrons. The summed E-state index contributed by atoms with van der Waals surface area (Å²) in [7, 11) is -0.492. The molecule has 1 saturated heterocycles. The van der Waals surface area contributed by atoms with Gasteiger partial charge in [0.15, 0.2) is 0 Å². The molecule has 1 aromatic heterocycles. The van der Waals surface area contributed by atoms with E-state index >= 15 is 0 Å². The van der Waals surface area contributed by atoms with Gasteiger partial charge in [-0.15, -0.1) is 0 Å². The van der Waals surface area contributed by atoms with Gasteiger partial charge in [0, 0.05) is 32.0 Å². The summed E-state index contributed by atoms with van der Waals surface area (Å²) in [6, 6.07) is 1.82. The number of hydrogen-bond acceptors (Lipinski definition) is 6. The lowest BCUT2D eigenvalue weighted by Gasteiger charge is -2.35. The van der Waals surface area contributed by atoms with Gasteiger partial charge in [-0.3, -0.25) is 9.58 Å². The molecule has 10 nitrogen and oxygen atoms in total. The van der Waals surface area contributed by atoms with E-state index in [0.717, 1.165) is 55.3 Å². The monoisotopic (exact) mass is 488 g/mol. The van der Waals surface area contributed by atoms with Crippen molar-refractivity contribution >= 4 is 27.6 Å². The third kappa shape index (κ3) is 4.51. The van der Waals surface area contributed by atoms with Crippen molar-refractivity contribution in [3.05, 3.63) is 40.7 Å². The number of urea groups is 1. The van der Waals surface area contributed by atoms with Crippen LogP contribution in [-0.2, 0) is 47.7 Å². The van der Waals surface area contributed by atoms with Gasteiger partial charge in [0.2, 0.25) is 0 Å². The van der Waals surface area contributed by atoms with Gasteiger partial charge in [0.1, 0.15) is 0 Å². The first kappa shape index (κ1) is 23.1. The molecule has 5 rings (SSSR count). The van der Waals surface area contributed by atoms with Gasteiger partial charge >= 0.3 is 16.2 Å². The van der Waals surface area contributed by atoms with E-state index in [0.29, 0.717) is 25.4 Å². The normalized spacial score (nSPS) is 17.4. The van der Waals surface area contributed by atoms with E-state index in [9.17, 15) is 13.2 Å². The Morgan fingerprint density at radius 3 is 2.38 bits per heavy atom. The Hall–Kier alpha value is -2.63. The Balaban J connectivity index is 1.34. The molecule has 1 aliphatic heterocycles. The molecule has 184 valence electrons. The number of rotatable bonds is 8. The van der Waals surface area contributed by atoms with Crippen LogP contribution >= 0.6 is 0 Å². The molecule has 1 aromatic carbocycles. The minimum atomic E-state index is -4.16. The predicted octanol–water partition coefficient (Wildman–Crippen LogP) is 1.60. The largest absolute Gasteiger partial charge is 0.378 e. The molecule has 0 saturated carbocycles. The fraction of sp³-hybridized carbons (Fsp3) is 0.565. The fourth-order valence-corrected chi connectivity index (χ4v) is 6.20. The summed E-state index contributed by atoms with van der Waals surface area (Å²) in [5.74, 6) is 0. The number of likely N-dealkylation sites (N-methyl/N-ethyl adjacent to an activating group) is 1. The number of nitrogens with one attached hydrogen (secondary N) is 2. The quantitative estimate of drug-likeness (QED) is 0.584. The molecule has 2 aliphatic carbocycles. The lowest BCUT2D eigenvalue weighted by atomic mass is 9.99. The van der Waals surface area contributed by atoms with Crippen LogP contribution in [-0.4, -0.2) is 68.5 Å². The van der Waals surface area contributed by atoms with Crippen LogP contribution in [0.5, 0.6) is 0 Å². The highest BCUT2D eigenvalue weighted by Crippen LogP contribution is 2.38. The van der Waals surface area contributed by atoms with E-state index in [1.165, 1.54) is 26.3 Å². The molecular weight excluding hydrogens is 456 g/mol. The highest BCUT2D eigenvalue weighted by molar-refractivity contribution is 7.91. The Bertz CT molecular complexity index is 1160. The minimum absolute atomic E-state index is 0.178. The van der Waals surface area contributed by atoms with Crippen LogP contribution in [0.3, 0.4) is 0 Å². The maximum absolute atomic E-state index is 13.3. The number of ether oxygens (including phenoxy) is 1. The molecule has 2 amide bonds. The summed E-state index contributed by atoms with van der Waals surface area (Å²) in [6.45, 7) is 1.95. The summed E-state index contributed by atoms with van der Waals surface area (Å²) in [5.41, 5.74) is 6.08. The molecule has 3 aliphatic rings. The summed E-state index contributed by atoms with van der Waals surface area (Å²) in [6.07, 6.45) is 9.05. The number of carbonyl (C=O) groups excluding carboxylic acids is 1. The smallest absolute Gasteiger partial charge is 0.334 e. The van der Waals surface area contributed by atoms with Crippen LogP contribution in [0.15, 0.2) is 18.5 Å². The van der Waals surface area contributed by atoms with Crippen molar-refractivity contribution in [3.63, 3.8) is 0 Å². The zero-order valence-electron chi connectivity index (χ0n) is 19.7. The van der Waals surface area contributed by atoms with Crippen molar-refractivity contribution in [1.29, 1.82) is 0 Å². The molecule has 2 aromatic rings. The van der Waals surface area contributed by atoms with Crippen molar-refractivity contribution in [2.24, 2.45) is 7.05 Å². The van der Waals surface area contributed by atoms with E-state index in [4.69, 9.17) is 4.74 Å². The van der Waals surface area contributed by atoms with Gasteiger partial charge in [0.25, 0.3) is 0 Å². The number of amides is 2. The summed E-state index contributed by atoms with van der Waals surface area (Å²) >= 11 is 0. The second-order valence-corrected chi connectivity index (χ2v) is 11.0. The number of fused-ring (bicyclic) bond motifs is 2. The third-order valence-corrected chi connectivity index (χ3v) is 8.52. The fourth-order valence-electron chi connectivity index (χ4n) is 5.11. The number of carbonyl (C=O) groups is 1. The van der Waals surface area contributed by atoms with Crippen molar-refractivity contribution in [1.82, 2.24) is 19.4 Å². The van der Waals surface area contributed by atoms with E-state index in [1.807, 2.05) is 7.05 Å². The Kier molecular flexibility index (Phi) is 6.26. The van der Waals surface area contributed by atoms with Crippen molar-refractivity contribution < 1.29 is 17.9 Å². The number of hydrogen-bond donors (Lipinski definition) is 2. The number of aromatic nitrogens is 2. The van der Waals surface area contributed by atoms with E-state index in [-0.39, 0.29) is 12.6 Å². The van der Waals surface area contributed by atoms with Crippen LogP contribution in [0.4, 0.5) is 16.2 Å². The zero-order valence-corrected chi connectivity index (χ0v) is 20.5. The maximum Gasteiger partial charge on any atom is 0.334 e.